The predicted molar refractivity (Wildman–Crippen MR) is 78.3 cm³/mol. The second kappa shape index (κ2) is 5.55. The molecule has 18 heavy (non-hydrogen) atoms. The summed E-state index contributed by atoms with van der Waals surface area (Å²) < 4.78 is 0.770. The van der Waals surface area contributed by atoms with Gasteiger partial charge in [-0.3, -0.25) is 4.79 Å². The Balaban J connectivity index is 2.25. The van der Waals surface area contributed by atoms with Gasteiger partial charge in [0.1, 0.15) is 0 Å². The molecule has 0 saturated heterocycles. The molecule has 0 atom stereocenters. The number of halogens is 2. The molecule has 1 N–H and O–H groups in total. The largest absolute Gasteiger partial charge is 0.321 e. The van der Waals surface area contributed by atoms with Crippen LogP contribution in [-0.4, -0.2) is 5.91 Å². The van der Waals surface area contributed by atoms with Crippen molar-refractivity contribution >= 4 is 39.1 Å². The molecule has 0 heterocycles. The molecule has 0 spiro atoms. The number of rotatable bonds is 2. The van der Waals surface area contributed by atoms with E-state index in [1.54, 1.807) is 18.2 Å². The van der Waals surface area contributed by atoms with E-state index in [2.05, 4.69) is 21.2 Å². The molecule has 0 bridgehead atoms. The van der Waals surface area contributed by atoms with Crippen molar-refractivity contribution in [3.05, 3.63) is 63.1 Å². The molecule has 0 aromatic heterocycles. The number of aryl methyl sites for hydroxylation is 1. The molecule has 0 aliphatic heterocycles. The zero-order chi connectivity index (χ0) is 13.1. The summed E-state index contributed by atoms with van der Waals surface area (Å²) in [7, 11) is 0. The predicted octanol–water partition coefficient (Wildman–Crippen LogP) is 4.66. The van der Waals surface area contributed by atoms with Gasteiger partial charge in [-0.2, -0.15) is 0 Å². The van der Waals surface area contributed by atoms with Crippen LogP contribution in [0.3, 0.4) is 0 Å². The van der Waals surface area contributed by atoms with Gasteiger partial charge in [-0.1, -0.05) is 29.8 Å². The van der Waals surface area contributed by atoms with Crippen molar-refractivity contribution in [2.24, 2.45) is 0 Å². The lowest BCUT2D eigenvalue weighted by Gasteiger charge is -2.08. The minimum absolute atomic E-state index is 0.185. The summed E-state index contributed by atoms with van der Waals surface area (Å²) >= 11 is 9.38. The first-order chi connectivity index (χ1) is 8.58. The maximum atomic E-state index is 12.1. The lowest BCUT2D eigenvalue weighted by Crippen LogP contribution is -2.12. The van der Waals surface area contributed by atoms with E-state index < -0.39 is 0 Å². The topological polar surface area (TPSA) is 29.1 Å². The summed E-state index contributed by atoms with van der Waals surface area (Å²) in [6, 6.07) is 12.7. The summed E-state index contributed by atoms with van der Waals surface area (Å²) in [5.41, 5.74) is 2.29. The molecular weight excluding hydrogens is 314 g/mol. The third kappa shape index (κ3) is 2.92. The van der Waals surface area contributed by atoms with Crippen molar-refractivity contribution in [1.29, 1.82) is 0 Å². The molecule has 0 radical (unpaired) electrons. The quantitative estimate of drug-likeness (QED) is 0.855. The molecule has 0 unspecified atom stereocenters. The van der Waals surface area contributed by atoms with Crippen molar-refractivity contribution in [1.82, 2.24) is 0 Å². The number of hydrogen-bond donors (Lipinski definition) is 1. The van der Waals surface area contributed by atoms with E-state index in [0.29, 0.717) is 16.3 Å². The molecule has 4 heteroatoms. The van der Waals surface area contributed by atoms with Gasteiger partial charge in [0.05, 0.1) is 16.3 Å². The SMILES string of the molecule is Cc1ccc(C(=O)Nc2ccccc2Cl)c(Br)c1. The monoisotopic (exact) mass is 323 g/mol. The Kier molecular flexibility index (Phi) is 4.04. The first kappa shape index (κ1) is 13.1. The highest BCUT2D eigenvalue weighted by molar-refractivity contribution is 9.10. The van der Waals surface area contributed by atoms with Gasteiger partial charge in [0, 0.05) is 4.47 Å². The summed E-state index contributed by atoms with van der Waals surface area (Å²) in [4.78, 5) is 12.1. The van der Waals surface area contributed by atoms with Gasteiger partial charge in [-0.15, -0.1) is 0 Å². The number of carbonyl (C=O) groups is 1. The van der Waals surface area contributed by atoms with Crippen molar-refractivity contribution in [3.63, 3.8) is 0 Å². The third-order valence-corrected chi connectivity index (χ3v) is 3.48. The lowest BCUT2D eigenvalue weighted by atomic mass is 10.1. The van der Waals surface area contributed by atoms with Crippen molar-refractivity contribution < 1.29 is 4.79 Å². The highest BCUT2D eigenvalue weighted by atomic mass is 79.9. The van der Waals surface area contributed by atoms with Crippen molar-refractivity contribution in [2.75, 3.05) is 5.32 Å². The van der Waals surface area contributed by atoms with Crippen LogP contribution in [0.1, 0.15) is 15.9 Å². The highest BCUT2D eigenvalue weighted by Crippen LogP contribution is 2.23. The van der Waals surface area contributed by atoms with Crippen LogP contribution >= 0.6 is 27.5 Å². The molecule has 2 nitrogen and oxygen atoms in total. The number of para-hydroxylation sites is 1. The van der Waals surface area contributed by atoms with Gasteiger partial charge in [0.25, 0.3) is 5.91 Å². The number of hydrogen-bond acceptors (Lipinski definition) is 1. The molecule has 92 valence electrons. The van der Waals surface area contributed by atoms with Gasteiger partial charge in [0.2, 0.25) is 0 Å². The molecule has 2 rings (SSSR count). The number of benzene rings is 2. The van der Waals surface area contributed by atoms with Gasteiger partial charge in [-0.25, -0.2) is 0 Å². The lowest BCUT2D eigenvalue weighted by molar-refractivity contribution is 0.102. The summed E-state index contributed by atoms with van der Waals surface area (Å²) in [5.74, 6) is -0.185. The van der Waals surface area contributed by atoms with Gasteiger partial charge < -0.3 is 5.32 Å². The van der Waals surface area contributed by atoms with Crippen LogP contribution in [0.15, 0.2) is 46.9 Å². The van der Waals surface area contributed by atoms with Crippen LogP contribution in [0.4, 0.5) is 5.69 Å². The Morgan fingerprint density at radius 3 is 2.61 bits per heavy atom. The fraction of sp³-hybridized carbons (Fsp3) is 0.0714. The van der Waals surface area contributed by atoms with Gasteiger partial charge >= 0.3 is 0 Å². The smallest absolute Gasteiger partial charge is 0.256 e. The van der Waals surface area contributed by atoms with Crippen LogP contribution in [0.2, 0.25) is 5.02 Å². The summed E-state index contributed by atoms with van der Waals surface area (Å²) in [5, 5.41) is 3.31. The fourth-order valence-electron chi connectivity index (χ4n) is 1.56. The van der Waals surface area contributed by atoms with Crippen LogP contribution in [-0.2, 0) is 0 Å². The average molecular weight is 325 g/mol. The normalized spacial score (nSPS) is 10.2. The number of nitrogens with one attached hydrogen (secondary N) is 1. The zero-order valence-corrected chi connectivity index (χ0v) is 12.0. The second-order valence-corrected chi connectivity index (χ2v) is 5.18. The molecule has 2 aromatic rings. The number of amides is 1. The maximum absolute atomic E-state index is 12.1. The standard InChI is InChI=1S/C14H11BrClNO/c1-9-6-7-10(11(15)8-9)14(18)17-13-5-3-2-4-12(13)16/h2-8H,1H3,(H,17,18). The first-order valence-electron chi connectivity index (χ1n) is 5.40. The summed E-state index contributed by atoms with van der Waals surface area (Å²) in [6.07, 6.45) is 0. The van der Waals surface area contributed by atoms with Crippen LogP contribution in [0.25, 0.3) is 0 Å². The van der Waals surface area contributed by atoms with Gasteiger partial charge in [-0.05, 0) is 52.7 Å². The Hall–Kier alpha value is -1.32. The highest BCUT2D eigenvalue weighted by Gasteiger charge is 2.11. The van der Waals surface area contributed by atoms with E-state index in [0.717, 1.165) is 10.0 Å². The number of carbonyl (C=O) groups excluding carboxylic acids is 1. The third-order valence-electron chi connectivity index (χ3n) is 2.49. The van der Waals surface area contributed by atoms with Crippen LogP contribution in [0, 0.1) is 6.92 Å². The fourth-order valence-corrected chi connectivity index (χ4v) is 2.41. The zero-order valence-electron chi connectivity index (χ0n) is 9.71. The minimum atomic E-state index is -0.185. The van der Waals surface area contributed by atoms with E-state index in [4.69, 9.17) is 11.6 Å². The molecular formula is C14H11BrClNO. The first-order valence-corrected chi connectivity index (χ1v) is 6.57. The molecule has 0 fully saturated rings. The Morgan fingerprint density at radius 2 is 1.94 bits per heavy atom. The molecule has 0 aliphatic rings. The van der Waals surface area contributed by atoms with Gasteiger partial charge in [0.15, 0.2) is 0 Å². The molecule has 0 saturated carbocycles. The second-order valence-electron chi connectivity index (χ2n) is 3.92. The Labute approximate surface area is 119 Å². The molecule has 0 aliphatic carbocycles. The number of anilines is 1. The minimum Gasteiger partial charge on any atom is -0.321 e. The molecule has 2 aromatic carbocycles. The maximum Gasteiger partial charge on any atom is 0.256 e. The van der Waals surface area contributed by atoms with E-state index in [1.165, 1.54) is 0 Å². The van der Waals surface area contributed by atoms with E-state index in [1.807, 2.05) is 31.2 Å². The van der Waals surface area contributed by atoms with Crippen molar-refractivity contribution in [3.8, 4) is 0 Å². The Morgan fingerprint density at radius 1 is 1.22 bits per heavy atom. The van der Waals surface area contributed by atoms with Crippen LogP contribution < -0.4 is 5.32 Å². The summed E-state index contributed by atoms with van der Waals surface area (Å²) in [6.45, 7) is 1.97. The van der Waals surface area contributed by atoms with Crippen molar-refractivity contribution in [2.45, 2.75) is 6.92 Å². The van der Waals surface area contributed by atoms with E-state index in [9.17, 15) is 4.79 Å². The Bertz CT molecular complexity index is 598. The van der Waals surface area contributed by atoms with E-state index in [-0.39, 0.29) is 5.91 Å². The average Bonchev–Trinajstić information content (AvgIpc) is 2.32. The molecule has 1 amide bonds. The van der Waals surface area contributed by atoms with Crippen LogP contribution in [0.5, 0.6) is 0 Å². The van der Waals surface area contributed by atoms with E-state index >= 15 is 0 Å².